The van der Waals surface area contributed by atoms with E-state index in [1.54, 1.807) is 65.8 Å². The van der Waals surface area contributed by atoms with E-state index in [4.69, 9.17) is 18.6 Å². The molecule has 0 aliphatic carbocycles. The van der Waals surface area contributed by atoms with E-state index in [1.807, 2.05) is 0 Å². The lowest BCUT2D eigenvalue weighted by atomic mass is 9.93. The molecule has 7 heteroatoms. The van der Waals surface area contributed by atoms with Crippen LogP contribution in [0.5, 0.6) is 5.75 Å². The Morgan fingerprint density at radius 3 is 2.47 bits per heavy atom. The van der Waals surface area contributed by atoms with E-state index in [2.05, 4.69) is 0 Å². The van der Waals surface area contributed by atoms with Crippen LogP contribution in [-0.4, -0.2) is 23.6 Å². The van der Waals surface area contributed by atoms with Crippen LogP contribution in [0.1, 0.15) is 53.2 Å². The smallest absolute Gasteiger partial charge is 0.336 e. The lowest BCUT2D eigenvalue weighted by molar-refractivity contribution is -0.176. The standard InChI is InChI=1S/C23H26O7/c1-7-13(4)22(26)30-23(5,6)20-19(29-21(25)12(2)3)17-15(27-20)10-8-14-9-11-16(24)28-18(14)17/h7-12,19-20H,1-6H3/b13-7-/t19?,20-/m0/s1. The summed E-state index contributed by atoms with van der Waals surface area (Å²) in [4.78, 5) is 36.7. The van der Waals surface area contributed by atoms with Crippen LogP contribution >= 0.6 is 0 Å². The first kappa shape index (κ1) is 21.6. The quantitative estimate of drug-likeness (QED) is 0.413. The molecule has 1 aliphatic rings. The Kier molecular flexibility index (Phi) is 5.74. The number of esters is 2. The molecule has 0 spiro atoms. The van der Waals surface area contributed by atoms with Gasteiger partial charge in [0.05, 0.1) is 11.5 Å². The van der Waals surface area contributed by atoms with Crippen molar-refractivity contribution in [1.29, 1.82) is 0 Å². The normalized spacial score (nSPS) is 18.8. The fourth-order valence-electron chi connectivity index (χ4n) is 3.24. The third-order valence-electron chi connectivity index (χ3n) is 5.11. The second-order valence-electron chi connectivity index (χ2n) is 8.17. The Morgan fingerprint density at radius 2 is 1.83 bits per heavy atom. The number of hydrogen-bond donors (Lipinski definition) is 0. The van der Waals surface area contributed by atoms with Crippen LogP contribution in [0.3, 0.4) is 0 Å². The number of carbonyl (C=O) groups is 2. The SMILES string of the molecule is C/C=C(/C)C(=O)OC(C)(C)[C@H]1Oc2ccc3ccc(=O)oc3c2C1OC(=O)C(C)C. The van der Waals surface area contributed by atoms with Crippen molar-refractivity contribution in [2.75, 3.05) is 0 Å². The van der Waals surface area contributed by atoms with Gasteiger partial charge in [0, 0.05) is 17.0 Å². The first-order valence-electron chi connectivity index (χ1n) is 9.85. The van der Waals surface area contributed by atoms with Gasteiger partial charge in [0.25, 0.3) is 0 Å². The number of allylic oxidation sites excluding steroid dienone is 1. The highest BCUT2D eigenvalue weighted by atomic mass is 16.6. The third kappa shape index (κ3) is 3.97. The minimum Gasteiger partial charge on any atom is -0.481 e. The van der Waals surface area contributed by atoms with Crippen molar-refractivity contribution in [1.82, 2.24) is 0 Å². The minimum absolute atomic E-state index is 0.288. The second-order valence-corrected chi connectivity index (χ2v) is 8.17. The lowest BCUT2D eigenvalue weighted by Gasteiger charge is -2.34. The summed E-state index contributed by atoms with van der Waals surface area (Å²) in [5, 5.41) is 0.669. The Balaban J connectivity index is 2.10. The first-order chi connectivity index (χ1) is 14.0. The van der Waals surface area contributed by atoms with Gasteiger partial charge in [0.15, 0.2) is 12.2 Å². The van der Waals surface area contributed by atoms with Crippen LogP contribution < -0.4 is 10.4 Å². The molecule has 2 aromatic rings. The Labute approximate surface area is 174 Å². The van der Waals surface area contributed by atoms with Gasteiger partial charge in [-0.05, 0) is 45.9 Å². The minimum atomic E-state index is -1.15. The van der Waals surface area contributed by atoms with E-state index >= 15 is 0 Å². The highest BCUT2D eigenvalue weighted by molar-refractivity contribution is 5.88. The topological polar surface area (TPSA) is 92.0 Å². The van der Waals surface area contributed by atoms with E-state index in [9.17, 15) is 14.4 Å². The average Bonchev–Trinajstić information content (AvgIpc) is 3.06. The number of hydrogen-bond acceptors (Lipinski definition) is 7. The predicted molar refractivity (Wildman–Crippen MR) is 110 cm³/mol. The summed E-state index contributed by atoms with van der Waals surface area (Å²) in [6, 6.07) is 6.44. The second kappa shape index (κ2) is 7.97. The molecule has 160 valence electrons. The molecule has 0 N–H and O–H groups in total. The Bertz CT molecular complexity index is 1070. The zero-order chi connectivity index (χ0) is 22.2. The molecule has 7 nitrogen and oxygen atoms in total. The third-order valence-corrected chi connectivity index (χ3v) is 5.11. The van der Waals surface area contributed by atoms with Gasteiger partial charge in [0.2, 0.25) is 0 Å². The summed E-state index contributed by atoms with van der Waals surface area (Å²) >= 11 is 0. The molecule has 2 atom stereocenters. The van der Waals surface area contributed by atoms with Crippen LogP contribution in [0.25, 0.3) is 11.0 Å². The molecule has 0 amide bonds. The molecule has 1 aromatic carbocycles. The van der Waals surface area contributed by atoms with Gasteiger partial charge in [-0.2, -0.15) is 0 Å². The molecule has 0 bridgehead atoms. The first-order valence-corrected chi connectivity index (χ1v) is 9.85. The molecule has 0 saturated heterocycles. The van der Waals surface area contributed by atoms with E-state index in [-0.39, 0.29) is 11.5 Å². The monoisotopic (exact) mass is 414 g/mol. The molecule has 0 fully saturated rings. The van der Waals surface area contributed by atoms with Gasteiger partial charge < -0.3 is 18.6 Å². The van der Waals surface area contributed by atoms with Gasteiger partial charge in [0.1, 0.15) is 16.9 Å². The van der Waals surface area contributed by atoms with Crippen LogP contribution in [0.4, 0.5) is 0 Å². The molecule has 0 saturated carbocycles. The molecule has 1 aliphatic heterocycles. The van der Waals surface area contributed by atoms with E-state index in [1.165, 1.54) is 6.07 Å². The number of benzene rings is 1. The Hall–Kier alpha value is -3.09. The zero-order valence-electron chi connectivity index (χ0n) is 18.0. The lowest BCUT2D eigenvalue weighted by Crippen LogP contribution is -2.47. The van der Waals surface area contributed by atoms with E-state index < -0.39 is 35.4 Å². The number of ether oxygens (including phenoxy) is 3. The number of carbonyl (C=O) groups excluding carboxylic acids is 2. The van der Waals surface area contributed by atoms with Gasteiger partial charge >= 0.3 is 17.6 Å². The van der Waals surface area contributed by atoms with Crippen molar-refractivity contribution in [3.8, 4) is 5.75 Å². The van der Waals surface area contributed by atoms with E-state index in [0.717, 1.165) is 0 Å². The fraction of sp³-hybridized carbons (Fsp3) is 0.435. The largest absolute Gasteiger partial charge is 0.481 e. The van der Waals surface area contributed by atoms with Gasteiger partial charge in [-0.15, -0.1) is 0 Å². The number of fused-ring (bicyclic) bond motifs is 3. The average molecular weight is 414 g/mol. The van der Waals surface area contributed by atoms with Crippen LogP contribution in [-0.2, 0) is 19.1 Å². The predicted octanol–water partition coefficient (Wildman–Crippen LogP) is 4.08. The highest BCUT2D eigenvalue weighted by Gasteiger charge is 2.50. The van der Waals surface area contributed by atoms with Gasteiger partial charge in [-0.3, -0.25) is 4.79 Å². The van der Waals surface area contributed by atoms with Gasteiger partial charge in [-0.1, -0.05) is 19.9 Å². The van der Waals surface area contributed by atoms with Crippen LogP contribution in [0.15, 0.2) is 45.1 Å². The summed E-state index contributed by atoms with van der Waals surface area (Å²) in [5.74, 6) is -0.904. The Morgan fingerprint density at radius 1 is 1.17 bits per heavy atom. The summed E-state index contributed by atoms with van der Waals surface area (Å²) in [6.07, 6.45) is -0.0982. The summed E-state index contributed by atoms with van der Waals surface area (Å²) in [6.45, 7) is 10.2. The molecule has 30 heavy (non-hydrogen) atoms. The van der Waals surface area contributed by atoms with Crippen LogP contribution in [0, 0.1) is 5.92 Å². The molecule has 1 unspecified atom stereocenters. The van der Waals surface area contributed by atoms with Crippen molar-refractivity contribution in [3.63, 3.8) is 0 Å². The van der Waals surface area contributed by atoms with Crippen LogP contribution in [0.2, 0.25) is 0 Å². The molecule has 2 heterocycles. The van der Waals surface area contributed by atoms with Gasteiger partial charge in [-0.25, -0.2) is 9.59 Å². The summed E-state index contributed by atoms with van der Waals surface area (Å²) in [5.41, 5.74) is -0.482. The fourth-order valence-corrected chi connectivity index (χ4v) is 3.24. The van der Waals surface area contributed by atoms with Crippen molar-refractivity contribution < 1.29 is 28.2 Å². The molecular formula is C23H26O7. The van der Waals surface area contributed by atoms with Crippen molar-refractivity contribution in [2.45, 2.75) is 59.4 Å². The molecule has 3 rings (SSSR count). The highest BCUT2D eigenvalue weighted by Crippen LogP contribution is 2.47. The zero-order valence-corrected chi connectivity index (χ0v) is 18.0. The summed E-state index contributed by atoms with van der Waals surface area (Å²) < 4.78 is 23.0. The van der Waals surface area contributed by atoms with Crippen molar-refractivity contribution in [3.05, 3.63) is 51.9 Å². The van der Waals surface area contributed by atoms with Crippen molar-refractivity contribution in [2.24, 2.45) is 5.92 Å². The maximum Gasteiger partial charge on any atom is 0.336 e. The summed E-state index contributed by atoms with van der Waals surface area (Å²) in [7, 11) is 0. The molecule has 1 aromatic heterocycles. The van der Waals surface area contributed by atoms with Crippen molar-refractivity contribution >= 4 is 22.9 Å². The maximum atomic E-state index is 12.5. The van der Waals surface area contributed by atoms with E-state index in [0.29, 0.717) is 22.3 Å². The molecule has 0 radical (unpaired) electrons. The number of rotatable bonds is 5. The molecular weight excluding hydrogens is 388 g/mol. The maximum absolute atomic E-state index is 12.5.